The minimum atomic E-state index is -4.88. The van der Waals surface area contributed by atoms with Gasteiger partial charge in [0.25, 0.3) is 0 Å². The van der Waals surface area contributed by atoms with E-state index in [2.05, 4.69) is 5.32 Å². The number of carbonyl (C=O) groups is 1. The molecule has 0 unspecified atom stereocenters. The van der Waals surface area contributed by atoms with Crippen molar-refractivity contribution >= 4 is 41.7 Å². The second kappa shape index (κ2) is 5.85. The average Bonchev–Trinajstić information content (AvgIpc) is 2.39. The molecule has 20 heavy (non-hydrogen) atoms. The zero-order valence-corrected chi connectivity index (χ0v) is 12.8. The Morgan fingerprint density at radius 1 is 1.00 bits per heavy atom. The van der Waals surface area contributed by atoms with Gasteiger partial charge in [0.15, 0.2) is 0 Å². The summed E-state index contributed by atoms with van der Waals surface area (Å²) in [4.78, 5) is 11.9. The number of rotatable bonds is 3. The number of amides is 1. The van der Waals surface area contributed by atoms with Gasteiger partial charge in [-0.1, -0.05) is 0 Å². The second-order valence-corrected chi connectivity index (χ2v) is 7.85. The van der Waals surface area contributed by atoms with Crippen molar-refractivity contribution in [3.63, 3.8) is 0 Å². The van der Waals surface area contributed by atoms with Gasteiger partial charge in [-0.25, -0.2) is 0 Å². The van der Waals surface area contributed by atoms with Gasteiger partial charge in [-0.2, -0.15) is 0 Å². The Bertz CT molecular complexity index is 664. The van der Waals surface area contributed by atoms with E-state index in [1.54, 1.807) is 24.3 Å². The first-order valence-electron chi connectivity index (χ1n) is 5.59. The molecule has 1 amide bonds. The molecular weight excluding hydrogens is 345 g/mol. The Kier molecular flexibility index (Phi) is 4.35. The van der Waals surface area contributed by atoms with Crippen molar-refractivity contribution in [3.8, 4) is 0 Å². The van der Waals surface area contributed by atoms with E-state index in [4.69, 9.17) is 19.8 Å². The summed E-state index contributed by atoms with van der Waals surface area (Å²) in [6.07, 6.45) is 0. The molecule has 0 atom stereocenters. The Labute approximate surface area is 123 Å². The molecular formula is C13H11AsClNO4. The molecule has 0 spiro atoms. The first kappa shape index (κ1) is 14.9. The zero-order valence-electron chi connectivity index (χ0n) is 10.2. The molecule has 2 rings (SSSR count). The Hall–Kier alpha value is -1.52. The normalized spacial score (nSPS) is 11.2. The molecule has 2 aromatic rings. The molecule has 2 aromatic carbocycles. The summed E-state index contributed by atoms with van der Waals surface area (Å²) in [5.74, 6) is -0.323. The van der Waals surface area contributed by atoms with E-state index in [0.29, 0.717) is 16.3 Å². The molecule has 104 valence electrons. The molecule has 3 N–H and O–H groups in total. The third kappa shape index (κ3) is 3.74. The molecule has 0 bridgehead atoms. The van der Waals surface area contributed by atoms with Crippen molar-refractivity contribution in [1.82, 2.24) is 0 Å². The molecule has 0 saturated heterocycles. The van der Waals surface area contributed by atoms with Crippen molar-refractivity contribution in [3.05, 3.63) is 59.1 Å². The summed E-state index contributed by atoms with van der Waals surface area (Å²) in [7, 11) is 0. The van der Waals surface area contributed by atoms with Crippen molar-refractivity contribution in [1.29, 1.82) is 0 Å². The average molecular weight is 356 g/mol. The van der Waals surface area contributed by atoms with Crippen LogP contribution in [0.25, 0.3) is 0 Å². The van der Waals surface area contributed by atoms with E-state index in [-0.39, 0.29) is 10.3 Å². The Morgan fingerprint density at radius 3 is 2.05 bits per heavy atom. The molecule has 5 nitrogen and oxygen atoms in total. The monoisotopic (exact) mass is 355 g/mol. The van der Waals surface area contributed by atoms with Gasteiger partial charge in [0.1, 0.15) is 0 Å². The molecule has 0 saturated carbocycles. The number of carbonyl (C=O) groups excluding carboxylic acids is 1. The van der Waals surface area contributed by atoms with E-state index in [9.17, 15) is 8.53 Å². The van der Waals surface area contributed by atoms with Gasteiger partial charge >= 0.3 is 123 Å². The second-order valence-electron chi connectivity index (χ2n) is 4.05. The van der Waals surface area contributed by atoms with Crippen molar-refractivity contribution in [2.75, 3.05) is 5.32 Å². The van der Waals surface area contributed by atoms with Gasteiger partial charge in [-0.15, -0.1) is 0 Å². The van der Waals surface area contributed by atoms with Gasteiger partial charge in [0, 0.05) is 0 Å². The third-order valence-electron chi connectivity index (χ3n) is 2.57. The van der Waals surface area contributed by atoms with Crippen molar-refractivity contribution in [2.24, 2.45) is 0 Å². The third-order valence-corrected chi connectivity index (χ3v) is 4.86. The summed E-state index contributed by atoms with van der Waals surface area (Å²) < 4.78 is 29.1. The number of hydrogen-bond acceptors (Lipinski definition) is 2. The van der Waals surface area contributed by atoms with Crippen LogP contribution in [0.4, 0.5) is 5.69 Å². The molecule has 0 heterocycles. The van der Waals surface area contributed by atoms with Gasteiger partial charge < -0.3 is 0 Å². The maximum absolute atomic E-state index is 11.9. The number of benzene rings is 2. The fraction of sp³-hybridized carbons (Fsp3) is 0. The van der Waals surface area contributed by atoms with Crippen LogP contribution in [0.5, 0.6) is 0 Å². The van der Waals surface area contributed by atoms with E-state index < -0.39 is 14.2 Å². The molecule has 0 radical (unpaired) electrons. The van der Waals surface area contributed by atoms with E-state index in [1.807, 2.05) is 0 Å². The van der Waals surface area contributed by atoms with E-state index >= 15 is 0 Å². The molecule has 7 heteroatoms. The fourth-order valence-corrected chi connectivity index (χ4v) is 2.80. The molecule has 0 aliphatic heterocycles. The number of anilines is 1. The predicted molar refractivity (Wildman–Crippen MR) is 76.4 cm³/mol. The van der Waals surface area contributed by atoms with Crippen LogP contribution in [0.2, 0.25) is 5.02 Å². The quantitative estimate of drug-likeness (QED) is 0.721. The summed E-state index contributed by atoms with van der Waals surface area (Å²) in [5, 5.41) is 3.16. The molecule has 0 aromatic heterocycles. The molecule has 0 aliphatic rings. The summed E-state index contributed by atoms with van der Waals surface area (Å²) in [5.41, 5.74) is 0.898. The van der Waals surface area contributed by atoms with Crippen LogP contribution in [0.15, 0.2) is 48.5 Å². The van der Waals surface area contributed by atoms with Crippen molar-refractivity contribution < 1.29 is 16.7 Å². The SMILES string of the molecule is O=C(Nc1ccc([As](=O)(O)O)cc1)c1ccc(Cl)cc1. The van der Waals surface area contributed by atoms with Crippen LogP contribution in [-0.2, 0) is 3.74 Å². The Morgan fingerprint density at radius 2 is 1.55 bits per heavy atom. The van der Waals surface area contributed by atoms with Crippen LogP contribution in [0.1, 0.15) is 10.4 Å². The summed E-state index contributed by atoms with van der Waals surface area (Å²) in [6.45, 7) is 0. The van der Waals surface area contributed by atoms with Gasteiger partial charge in [-0.3, -0.25) is 0 Å². The van der Waals surface area contributed by atoms with Crippen LogP contribution < -0.4 is 9.67 Å². The Balaban J connectivity index is 2.12. The number of nitrogens with one attached hydrogen (secondary N) is 1. The molecule has 0 fully saturated rings. The van der Waals surface area contributed by atoms with Gasteiger partial charge in [-0.05, 0) is 0 Å². The predicted octanol–water partition coefficient (Wildman–Crippen LogP) is 1.15. The number of halogens is 1. The van der Waals surface area contributed by atoms with Crippen LogP contribution in [0, 0.1) is 0 Å². The van der Waals surface area contributed by atoms with Crippen LogP contribution in [0.3, 0.4) is 0 Å². The standard InChI is InChI=1S/C13H11AsClNO4/c15-11-5-1-9(2-6-11)13(17)16-12-7-3-10(4-8-12)14(18,19)20/h1-8H,(H,16,17)(H2,18,19,20). The summed E-state index contributed by atoms with van der Waals surface area (Å²) in [6, 6.07) is 11.9. The minimum absolute atomic E-state index is 0.0346. The first-order valence-corrected chi connectivity index (χ1v) is 9.35. The number of hydrogen-bond donors (Lipinski definition) is 3. The van der Waals surface area contributed by atoms with E-state index in [0.717, 1.165) is 0 Å². The van der Waals surface area contributed by atoms with Crippen LogP contribution in [-0.4, -0.2) is 28.3 Å². The molecule has 0 aliphatic carbocycles. The summed E-state index contributed by atoms with van der Waals surface area (Å²) >= 11 is 0.856. The topological polar surface area (TPSA) is 86.6 Å². The fourth-order valence-electron chi connectivity index (χ4n) is 1.54. The van der Waals surface area contributed by atoms with E-state index in [1.165, 1.54) is 24.3 Å². The zero-order chi connectivity index (χ0) is 14.8. The van der Waals surface area contributed by atoms with Crippen molar-refractivity contribution in [2.45, 2.75) is 0 Å². The van der Waals surface area contributed by atoms with Gasteiger partial charge in [0.2, 0.25) is 0 Å². The maximum atomic E-state index is 11.9. The first-order chi connectivity index (χ1) is 9.36. The van der Waals surface area contributed by atoms with Gasteiger partial charge in [0.05, 0.1) is 0 Å². The van der Waals surface area contributed by atoms with Crippen LogP contribution >= 0.6 is 11.6 Å².